The van der Waals surface area contributed by atoms with Crippen LogP contribution in [0.3, 0.4) is 0 Å². The Bertz CT molecular complexity index is 514. The van der Waals surface area contributed by atoms with Gasteiger partial charge in [-0.25, -0.2) is 0 Å². The van der Waals surface area contributed by atoms with E-state index in [2.05, 4.69) is 6.08 Å². The molecule has 0 radical (unpaired) electrons. The number of aliphatic hydroxyl groups is 2. The molecule has 0 aliphatic heterocycles. The second-order valence-electron chi connectivity index (χ2n) is 6.41. The van der Waals surface area contributed by atoms with Crippen LogP contribution in [0.15, 0.2) is 54.6 Å². The van der Waals surface area contributed by atoms with E-state index in [1.807, 2.05) is 36.4 Å². The smallest absolute Gasteiger partial charge is 0.111 e. The third kappa shape index (κ3) is 3.12. The van der Waals surface area contributed by atoms with Gasteiger partial charge in [0.25, 0.3) is 0 Å². The predicted octanol–water partition coefficient (Wildman–Crippen LogP) is 3.57. The first-order chi connectivity index (χ1) is 10.2. The summed E-state index contributed by atoms with van der Waals surface area (Å²) < 4.78 is 0. The predicted molar refractivity (Wildman–Crippen MR) is 85.0 cm³/mol. The van der Waals surface area contributed by atoms with Gasteiger partial charge in [0.15, 0.2) is 0 Å². The molecule has 0 bridgehead atoms. The molecule has 0 unspecified atom stereocenters. The summed E-state index contributed by atoms with van der Waals surface area (Å²) in [6.07, 6.45) is 13.1. The molecule has 3 rings (SSSR count). The van der Waals surface area contributed by atoms with E-state index in [1.165, 1.54) is 25.7 Å². The van der Waals surface area contributed by atoms with Crippen LogP contribution in [0.25, 0.3) is 0 Å². The SMILES string of the molecule is O[C@@H]1C=C[C@](O)(/C=C/CC2CCCC2)[C@H]1c1ccccc1. The molecule has 1 saturated carbocycles. The lowest BCUT2D eigenvalue weighted by Crippen LogP contribution is -2.33. The molecule has 0 aromatic heterocycles. The minimum atomic E-state index is -1.07. The van der Waals surface area contributed by atoms with Gasteiger partial charge < -0.3 is 10.2 Å². The maximum Gasteiger partial charge on any atom is 0.111 e. The summed E-state index contributed by atoms with van der Waals surface area (Å²) in [5.74, 6) is 0.467. The standard InChI is InChI=1S/C19H24O2/c20-17-12-14-19(21,13-6-9-15-7-4-5-8-15)18(17)16-10-2-1-3-11-16/h1-3,6,10-15,17-18,20-21H,4-5,7-9H2/b13-6+/t17-,18+,19-/m1/s1. The third-order valence-electron chi connectivity index (χ3n) is 4.89. The fourth-order valence-electron chi connectivity index (χ4n) is 3.72. The summed E-state index contributed by atoms with van der Waals surface area (Å²) in [6.45, 7) is 0. The average Bonchev–Trinajstić information content (AvgIpc) is 3.09. The maximum atomic E-state index is 10.9. The molecule has 2 aliphatic rings. The van der Waals surface area contributed by atoms with Gasteiger partial charge in [-0.1, -0.05) is 74.2 Å². The van der Waals surface area contributed by atoms with Gasteiger partial charge in [0.1, 0.15) is 5.60 Å². The van der Waals surface area contributed by atoms with E-state index in [0.717, 1.165) is 17.9 Å². The zero-order valence-electron chi connectivity index (χ0n) is 12.4. The zero-order chi connectivity index (χ0) is 14.7. The molecule has 0 saturated heterocycles. The summed E-state index contributed by atoms with van der Waals surface area (Å²) >= 11 is 0. The number of hydrogen-bond acceptors (Lipinski definition) is 2. The Kier molecular flexibility index (Phi) is 4.27. The Hall–Kier alpha value is -1.38. The molecular weight excluding hydrogens is 260 g/mol. The van der Waals surface area contributed by atoms with E-state index in [0.29, 0.717) is 0 Å². The van der Waals surface area contributed by atoms with E-state index in [9.17, 15) is 10.2 Å². The number of rotatable bonds is 4. The van der Waals surface area contributed by atoms with Crippen molar-refractivity contribution < 1.29 is 10.2 Å². The summed E-state index contributed by atoms with van der Waals surface area (Å²) in [4.78, 5) is 0. The molecule has 1 fully saturated rings. The van der Waals surface area contributed by atoms with Gasteiger partial charge in [-0.05, 0) is 24.0 Å². The van der Waals surface area contributed by atoms with Gasteiger partial charge in [0.05, 0.1) is 6.10 Å². The molecular formula is C19H24O2. The van der Waals surface area contributed by atoms with Crippen LogP contribution in [0.1, 0.15) is 43.6 Å². The van der Waals surface area contributed by atoms with Gasteiger partial charge >= 0.3 is 0 Å². The van der Waals surface area contributed by atoms with E-state index < -0.39 is 11.7 Å². The molecule has 1 aromatic rings. The molecule has 3 atom stereocenters. The molecule has 2 heteroatoms. The minimum Gasteiger partial charge on any atom is -0.388 e. The highest BCUT2D eigenvalue weighted by molar-refractivity contribution is 5.37. The maximum absolute atomic E-state index is 10.9. The number of hydrogen-bond donors (Lipinski definition) is 2. The van der Waals surface area contributed by atoms with E-state index in [4.69, 9.17) is 0 Å². The van der Waals surface area contributed by atoms with Crippen LogP contribution < -0.4 is 0 Å². The fourth-order valence-corrected chi connectivity index (χ4v) is 3.72. The average molecular weight is 284 g/mol. The van der Waals surface area contributed by atoms with Crippen molar-refractivity contribution in [3.63, 3.8) is 0 Å². The first-order valence-electron chi connectivity index (χ1n) is 8.01. The minimum absolute atomic E-state index is 0.307. The molecule has 0 amide bonds. The second kappa shape index (κ2) is 6.17. The van der Waals surface area contributed by atoms with E-state index in [1.54, 1.807) is 12.2 Å². The summed E-state index contributed by atoms with van der Waals surface area (Å²) in [5, 5.41) is 21.1. The van der Waals surface area contributed by atoms with Crippen molar-refractivity contribution in [2.24, 2.45) is 5.92 Å². The van der Waals surface area contributed by atoms with Gasteiger partial charge in [0, 0.05) is 5.92 Å². The molecule has 21 heavy (non-hydrogen) atoms. The lowest BCUT2D eigenvalue weighted by molar-refractivity contribution is 0.0696. The van der Waals surface area contributed by atoms with Crippen LogP contribution in [0.2, 0.25) is 0 Å². The zero-order valence-corrected chi connectivity index (χ0v) is 12.4. The lowest BCUT2D eigenvalue weighted by Gasteiger charge is -2.29. The van der Waals surface area contributed by atoms with Crippen molar-refractivity contribution in [1.82, 2.24) is 0 Å². The van der Waals surface area contributed by atoms with Crippen molar-refractivity contribution in [3.8, 4) is 0 Å². The number of aliphatic hydroxyl groups excluding tert-OH is 1. The molecule has 2 nitrogen and oxygen atoms in total. The topological polar surface area (TPSA) is 40.5 Å². The Morgan fingerprint density at radius 2 is 1.86 bits per heavy atom. The number of allylic oxidation sites excluding steroid dienone is 1. The largest absolute Gasteiger partial charge is 0.388 e. The Morgan fingerprint density at radius 3 is 2.57 bits per heavy atom. The van der Waals surface area contributed by atoms with Crippen molar-refractivity contribution in [2.45, 2.75) is 49.7 Å². The van der Waals surface area contributed by atoms with Crippen LogP contribution in [0.5, 0.6) is 0 Å². The van der Waals surface area contributed by atoms with Crippen molar-refractivity contribution in [3.05, 3.63) is 60.2 Å². The Labute approximate surface area is 126 Å². The van der Waals surface area contributed by atoms with E-state index in [-0.39, 0.29) is 5.92 Å². The highest BCUT2D eigenvalue weighted by atomic mass is 16.3. The first-order valence-corrected chi connectivity index (χ1v) is 8.01. The Morgan fingerprint density at radius 1 is 1.14 bits per heavy atom. The van der Waals surface area contributed by atoms with Crippen LogP contribution in [0, 0.1) is 5.92 Å². The van der Waals surface area contributed by atoms with Gasteiger partial charge in [-0.3, -0.25) is 0 Å². The first kappa shape index (κ1) is 14.6. The third-order valence-corrected chi connectivity index (χ3v) is 4.89. The van der Waals surface area contributed by atoms with Crippen LogP contribution >= 0.6 is 0 Å². The van der Waals surface area contributed by atoms with E-state index >= 15 is 0 Å². The molecule has 0 spiro atoms. The molecule has 112 valence electrons. The summed E-state index contributed by atoms with van der Waals surface area (Å²) in [7, 11) is 0. The highest BCUT2D eigenvalue weighted by Gasteiger charge is 2.41. The van der Waals surface area contributed by atoms with Crippen LogP contribution in [0.4, 0.5) is 0 Å². The van der Waals surface area contributed by atoms with Gasteiger partial charge in [-0.15, -0.1) is 0 Å². The van der Waals surface area contributed by atoms with Crippen LogP contribution in [-0.2, 0) is 0 Å². The number of benzene rings is 1. The Balaban J connectivity index is 1.74. The molecule has 0 heterocycles. The summed E-state index contributed by atoms with van der Waals surface area (Å²) in [6, 6.07) is 9.78. The normalized spacial score (nSPS) is 33.2. The molecule has 2 N–H and O–H groups in total. The van der Waals surface area contributed by atoms with Crippen molar-refractivity contribution >= 4 is 0 Å². The van der Waals surface area contributed by atoms with Gasteiger partial charge in [0.2, 0.25) is 0 Å². The van der Waals surface area contributed by atoms with Crippen molar-refractivity contribution in [2.75, 3.05) is 0 Å². The van der Waals surface area contributed by atoms with Gasteiger partial charge in [-0.2, -0.15) is 0 Å². The highest BCUT2D eigenvalue weighted by Crippen LogP contribution is 2.39. The van der Waals surface area contributed by atoms with Crippen molar-refractivity contribution in [1.29, 1.82) is 0 Å². The second-order valence-corrected chi connectivity index (χ2v) is 6.41. The lowest BCUT2D eigenvalue weighted by atomic mass is 9.82. The fraction of sp³-hybridized carbons (Fsp3) is 0.474. The quantitative estimate of drug-likeness (QED) is 0.830. The molecule has 1 aromatic carbocycles. The monoisotopic (exact) mass is 284 g/mol. The summed E-state index contributed by atoms with van der Waals surface area (Å²) in [5.41, 5.74) is -0.0951. The van der Waals surface area contributed by atoms with Crippen LogP contribution in [-0.4, -0.2) is 21.9 Å². The molecule has 2 aliphatic carbocycles.